The Morgan fingerprint density at radius 1 is 0.966 bits per heavy atom. The molecule has 29 heavy (non-hydrogen) atoms. The molecule has 0 saturated carbocycles. The summed E-state index contributed by atoms with van der Waals surface area (Å²) in [4.78, 5) is 10.2. The molecule has 0 bridgehead atoms. The van der Waals surface area contributed by atoms with Gasteiger partial charge < -0.3 is 15.1 Å². The lowest BCUT2D eigenvalue weighted by molar-refractivity contribution is 0.475. The predicted molar refractivity (Wildman–Crippen MR) is 122 cm³/mol. The highest BCUT2D eigenvalue weighted by atomic mass is 32.2. The van der Waals surface area contributed by atoms with Gasteiger partial charge in [0.05, 0.1) is 5.69 Å². The van der Waals surface area contributed by atoms with Gasteiger partial charge in [-0.1, -0.05) is 12.1 Å². The molecule has 2 aromatic heterocycles. The molecule has 0 spiro atoms. The number of thiazole rings is 1. The molecular formula is C22H20N4OS2. The van der Waals surface area contributed by atoms with Crippen LogP contribution in [0.15, 0.2) is 70.9 Å². The zero-order valence-electron chi connectivity index (χ0n) is 16.0. The summed E-state index contributed by atoms with van der Waals surface area (Å²) in [5.74, 6) is 1.10. The molecule has 0 atom stereocenters. The molecule has 0 saturated heterocycles. The second-order valence-corrected chi connectivity index (χ2v) is 8.35. The Balaban J connectivity index is 1.38. The van der Waals surface area contributed by atoms with E-state index in [4.69, 9.17) is 0 Å². The predicted octanol–water partition coefficient (Wildman–Crippen LogP) is 6.39. The van der Waals surface area contributed by atoms with Crippen LogP contribution in [0.4, 0.5) is 16.6 Å². The fourth-order valence-electron chi connectivity index (χ4n) is 2.86. The molecule has 2 aromatic carbocycles. The number of aromatic hydroxyl groups is 1. The Bertz CT molecular complexity index is 1110. The summed E-state index contributed by atoms with van der Waals surface area (Å²) in [6, 6.07) is 19.3. The summed E-state index contributed by atoms with van der Waals surface area (Å²) in [7, 11) is 0. The van der Waals surface area contributed by atoms with Gasteiger partial charge in [0.15, 0.2) is 5.13 Å². The first-order valence-corrected chi connectivity index (χ1v) is 10.7. The lowest BCUT2D eigenvalue weighted by Crippen LogP contribution is -1.94. The van der Waals surface area contributed by atoms with Crippen LogP contribution in [-0.2, 0) is 0 Å². The number of aryl methyl sites for hydroxylation is 2. The standard InChI is InChI=1S/C22H20N4OS2/c1-14-10-15(2)23-21(11-14)26-29-19-8-6-17(7-9-19)24-22-25-20(13-28-22)16-4-3-5-18(27)12-16/h3-13,27H,1-2H3,(H,23,26)(H,24,25). The maximum absolute atomic E-state index is 9.63. The SMILES string of the molecule is Cc1cc(C)nc(NSc2ccc(Nc3nc(-c4cccc(O)c4)cs3)cc2)c1. The van der Waals surface area contributed by atoms with Crippen molar-refractivity contribution in [3.63, 3.8) is 0 Å². The highest BCUT2D eigenvalue weighted by Gasteiger charge is 2.06. The minimum Gasteiger partial charge on any atom is -0.508 e. The molecule has 0 unspecified atom stereocenters. The highest BCUT2D eigenvalue weighted by molar-refractivity contribution is 8.00. The molecule has 0 amide bonds. The van der Waals surface area contributed by atoms with Crippen LogP contribution in [-0.4, -0.2) is 15.1 Å². The topological polar surface area (TPSA) is 70.1 Å². The average Bonchev–Trinajstić information content (AvgIpc) is 3.15. The van der Waals surface area contributed by atoms with Crippen molar-refractivity contribution in [3.8, 4) is 17.0 Å². The number of hydrogen-bond donors (Lipinski definition) is 3. The maximum Gasteiger partial charge on any atom is 0.187 e. The van der Waals surface area contributed by atoms with E-state index in [0.29, 0.717) is 0 Å². The molecule has 0 fully saturated rings. The lowest BCUT2D eigenvalue weighted by atomic mass is 10.2. The molecule has 3 N–H and O–H groups in total. The van der Waals surface area contributed by atoms with Gasteiger partial charge in [-0.3, -0.25) is 0 Å². The second kappa shape index (κ2) is 8.55. The van der Waals surface area contributed by atoms with E-state index in [-0.39, 0.29) is 5.75 Å². The van der Waals surface area contributed by atoms with Crippen molar-refractivity contribution in [2.45, 2.75) is 18.7 Å². The number of anilines is 3. The van der Waals surface area contributed by atoms with Crippen LogP contribution in [0.3, 0.4) is 0 Å². The summed E-state index contributed by atoms with van der Waals surface area (Å²) < 4.78 is 3.29. The van der Waals surface area contributed by atoms with Gasteiger partial charge in [-0.25, -0.2) is 9.97 Å². The van der Waals surface area contributed by atoms with Gasteiger partial charge in [0.25, 0.3) is 0 Å². The number of hydrogen-bond acceptors (Lipinski definition) is 7. The zero-order valence-corrected chi connectivity index (χ0v) is 17.6. The molecule has 0 aliphatic rings. The average molecular weight is 421 g/mol. The van der Waals surface area contributed by atoms with Crippen molar-refractivity contribution >= 4 is 39.9 Å². The first kappa shape index (κ1) is 19.3. The fourth-order valence-corrected chi connectivity index (χ4v) is 4.20. The van der Waals surface area contributed by atoms with E-state index in [2.05, 4.69) is 33.0 Å². The Kier molecular flexibility index (Phi) is 5.69. The van der Waals surface area contributed by atoms with Crippen LogP contribution in [0.1, 0.15) is 11.3 Å². The van der Waals surface area contributed by atoms with Crippen molar-refractivity contribution in [3.05, 3.63) is 77.3 Å². The van der Waals surface area contributed by atoms with Crippen LogP contribution in [0.5, 0.6) is 5.75 Å². The Hall–Kier alpha value is -3.03. The van der Waals surface area contributed by atoms with Crippen LogP contribution < -0.4 is 10.0 Å². The van der Waals surface area contributed by atoms with Crippen molar-refractivity contribution in [1.29, 1.82) is 0 Å². The van der Waals surface area contributed by atoms with Crippen LogP contribution in [0.2, 0.25) is 0 Å². The molecule has 7 heteroatoms. The summed E-state index contributed by atoms with van der Waals surface area (Å²) in [6.45, 7) is 4.06. The van der Waals surface area contributed by atoms with Gasteiger partial charge in [-0.05, 0) is 79.9 Å². The molecule has 0 radical (unpaired) electrons. The molecular weight excluding hydrogens is 400 g/mol. The molecule has 0 aliphatic carbocycles. The minimum absolute atomic E-state index is 0.239. The summed E-state index contributed by atoms with van der Waals surface area (Å²) in [6.07, 6.45) is 0. The van der Waals surface area contributed by atoms with Gasteiger partial charge >= 0.3 is 0 Å². The van der Waals surface area contributed by atoms with Crippen molar-refractivity contribution in [1.82, 2.24) is 9.97 Å². The van der Waals surface area contributed by atoms with E-state index in [0.717, 1.165) is 38.5 Å². The Labute approximate surface area is 178 Å². The minimum atomic E-state index is 0.239. The van der Waals surface area contributed by atoms with Gasteiger partial charge in [-0.2, -0.15) is 0 Å². The number of phenolic OH excluding ortho intramolecular Hbond substituents is 1. The third kappa shape index (κ3) is 5.07. The van der Waals surface area contributed by atoms with Gasteiger partial charge in [0, 0.05) is 27.2 Å². The largest absolute Gasteiger partial charge is 0.508 e. The zero-order chi connectivity index (χ0) is 20.2. The first-order chi connectivity index (χ1) is 14.0. The number of nitrogens with zero attached hydrogens (tertiary/aromatic N) is 2. The maximum atomic E-state index is 9.63. The molecule has 2 heterocycles. The van der Waals surface area contributed by atoms with E-state index >= 15 is 0 Å². The molecule has 4 aromatic rings. The number of aromatic nitrogens is 2. The normalized spacial score (nSPS) is 10.7. The van der Waals surface area contributed by atoms with Crippen LogP contribution in [0.25, 0.3) is 11.3 Å². The molecule has 5 nitrogen and oxygen atoms in total. The van der Waals surface area contributed by atoms with E-state index in [1.54, 1.807) is 12.1 Å². The lowest BCUT2D eigenvalue weighted by Gasteiger charge is -2.08. The van der Waals surface area contributed by atoms with Crippen LogP contribution in [0, 0.1) is 13.8 Å². The molecule has 0 aliphatic heterocycles. The third-order valence-electron chi connectivity index (χ3n) is 4.12. The van der Waals surface area contributed by atoms with Crippen LogP contribution >= 0.6 is 23.3 Å². The second-order valence-electron chi connectivity index (χ2n) is 6.61. The van der Waals surface area contributed by atoms with Gasteiger partial charge in [0.1, 0.15) is 11.6 Å². The monoisotopic (exact) mass is 420 g/mol. The molecule has 4 rings (SSSR count). The van der Waals surface area contributed by atoms with E-state index in [1.807, 2.05) is 54.8 Å². The highest BCUT2D eigenvalue weighted by Crippen LogP contribution is 2.29. The smallest absolute Gasteiger partial charge is 0.187 e. The number of phenols is 1. The number of nitrogens with one attached hydrogen (secondary N) is 2. The van der Waals surface area contributed by atoms with E-state index in [9.17, 15) is 5.11 Å². The van der Waals surface area contributed by atoms with Gasteiger partial charge in [-0.15, -0.1) is 11.3 Å². The third-order valence-corrected chi connectivity index (χ3v) is 5.70. The Morgan fingerprint density at radius 3 is 2.55 bits per heavy atom. The van der Waals surface area contributed by atoms with E-state index in [1.165, 1.54) is 28.8 Å². The summed E-state index contributed by atoms with van der Waals surface area (Å²) >= 11 is 3.06. The summed E-state index contributed by atoms with van der Waals surface area (Å²) in [5.41, 5.74) is 4.89. The quantitative estimate of drug-likeness (QED) is 0.314. The van der Waals surface area contributed by atoms with Crippen molar-refractivity contribution < 1.29 is 5.11 Å². The Morgan fingerprint density at radius 2 is 1.79 bits per heavy atom. The first-order valence-electron chi connectivity index (χ1n) is 9.05. The fraction of sp³-hybridized carbons (Fsp3) is 0.0909. The number of rotatable bonds is 6. The van der Waals surface area contributed by atoms with Gasteiger partial charge in [0.2, 0.25) is 0 Å². The molecule has 146 valence electrons. The number of pyridine rings is 1. The van der Waals surface area contributed by atoms with Crippen molar-refractivity contribution in [2.75, 3.05) is 10.0 Å². The van der Waals surface area contributed by atoms with Crippen molar-refractivity contribution in [2.24, 2.45) is 0 Å². The summed E-state index contributed by atoms with van der Waals surface area (Å²) in [5, 5.41) is 15.7. The number of benzene rings is 2. The van der Waals surface area contributed by atoms with E-state index < -0.39 is 0 Å².